The van der Waals surface area contributed by atoms with Crippen LogP contribution in [0.3, 0.4) is 0 Å². The zero-order valence-electron chi connectivity index (χ0n) is 15.8. The van der Waals surface area contributed by atoms with Gasteiger partial charge >= 0.3 is 0 Å². The lowest BCUT2D eigenvalue weighted by atomic mass is 10.2. The quantitative estimate of drug-likeness (QED) is 0.232. The van der Waals surface area contributed by atoms with Crippen LogP contribution in [0.1, 0.15) is 11.1 Å². The molecule has 0 unspecified atom stereocenters. The SMILES string of the molecule is O=C1S/C(=C/c2ccc(OCc3ccc(Cl)cc3)c(I)c2)C(=O)N1c1cccc(Cl)c1. The molecule has 1 saturated heterocycles. The number of carbonyl (C=O) groups excluding carboxylic acids is 2. The van der Waals surface area contributed by atoms with Gasteiger partial charge < -0.3 is 4.74 Å². The molecule has 4 rings (SSSR count). The number of imide groups is 1. The van der Waals surface area contributed by atoms with Crippen LogP contribution in [0.4, 0.5) is 10.5 Å². The smallest absolute Gasteiger partial charge is 0.298 e. The molecule has 4 nitrogen and oxygen atoms in total. The predicted octanol–water partition coefficient (Wildman–Crippen LogP) is 7.42. The van der Waals surface area contributed by atoms with E-state index < -0.39 is 0 Å². The molecule has 1 aliphatic rings. The Balaban J connectivity index is 1.49. The van der Waals surface area contributed by atoms with Gasteiger partial charge in [-0.05, 0) is 94.0 Å². The van der Waals surface area contributed by atoms with Crippen LogP contribution in [0, 0.1) is 3.57 Å². The summed E-state index contributed by atoms with van der Waals surface area (Å²) < 4.78 is 6.79. The van der Waals surface area contributed by atoms with E-state index in [1.165, 1.54) is 0 Å². The van der Waals surface area contributed by atoms with Gasteiger partial charge in [0.05, 0.1) is 14.2 Å². The number of benzene rings is 3. The number of hydrogen-bond acceptors (Lipinski definition) is 4. The molecule has 31 heavy (non-hydrogen) atoms. The van der Waals surface area contributed by atoms with Gasteiger partial charge in [0.2, 0.25) is 0 Å². The maximum Gasteiger partial charge on any atom is 0.298 e. The fourth-order valence-electron chi connectivity index (χ4n) is 2.92. The van der Waals surface area contributed by atoms with Crippen molar-refractivity contribution in [3.63, 3.8) is 0 Å². The predicted molar refractivity (Wildman–Crippen MR) is 135 cm³/mol. The van der Waals surface area contributed by atoms with Crippen LogP contribution >= 0.6 is 57.6 Å². The second-order valence-corrected chi connectivity index (χ2v) is 9.63. The Bertz CT molecular complexity index is 1200. The lowest BCUT2D eigenvalue weighted by Gasteiger charge is -2.12. The summed E-state index contributed by atoms with van der Waals surface area (Å²) in [6.45, 7) is 0.422. The topological polar surface area (TPSA) is 46.6 Å². The molecule has 8 heteroatoms. The summed E-state index contributed by atoms with van der Waals surface area (Å²) in [7, 11) is 0. The average Bonchev–Trinajstić information content (AvgIpc) is 3.01. The van der Waals surface area contributed by atoms with E-state index in [0.29, 0.717) is 27.2 Å². The van der Waals surface area contributed by atoms with Crippen LogP contribution in [-0.2, 0) is 11.4 Å². The van der Waals surface area contributed by atoms with Gasteiger partial charge in [-0.1, -0.05) is 47.5 Å². The van der Waals surface area contributed by atoms with Crippen molar-refractivity contribution < 1.29 is 14.3 Å². The van der Waals surface area contributed by atoms with Crippen molar-refractivity contribution in [2.75, 3.05) is 4.90 Å². The van der Waals surface area contributed by atoms with Gasteiger partial charge in [0, 0.05) is 10.0 Å². The lowest BCUT2D eigenvalue weighted by Crippen LogP contribution is -2.27. The van der Waals surface area contributed by atoms with Crippen LogP contribution in [0.25, 0.3) is 6.08 Å². The van der Waals surface area contributed by atoms with Crippen LogP contribution in [0.15, 0.2) is 71.6 Å². The summed E-state index contributed by atoms with van der Waals surface area (Å²) in [6.07, 6.45) is 1.71. The number of nitrogens with zero attached hydrogens (tertiary/aromatic N) is 1. The Morgan fingerprint density at radius 1 is 0.968 bits per heavy atom. The van der Waals surface area contributed by atoms with Gasteiger partial charge in [-0.25, -0.2) is 4.90 Å². The lowest BCUT2D eigenvalue weighted by molar-refractivity contribution is -0.113. The van der Waals surface area contributed by atoms with E-state index in [0.717, 1.165) is 37.1 Å². The summed E-state index contributed by atoms with van der Waals surface area (Å²) in [5.74, 6) is 0.370. The summed E-state index contributed by atoms with van der Waals surface area (Å²) in [6, 6.07) is 19.8. The molecule has 1 heterocycles. The summed E-state index contributed by atoms with van der Waals surface area (Å²) in [4.78, 5) is 26.7. The van der Waals surface area contributed by atoms with E-state index in [1.54, 1.807) is 30.3 Å². The van der Waals surface area contributed by atoms with Crippen LogP contribution in [0.2, 0.25) is 10.0 Å². The Labute approximate surface area is 207 Å². The zero-order chi connectivity index (χ0) is 22.0. The van der Waals surface area contributed by atoms with Gasteiger partial charge in [-0.2, -0.15) is 0 Å². The van der Waals surface area contributed by atoms with E-state index >= 15 is 0 Å². The molecule has 0 bridgehead atoms. The van der Waals surface area contributed by atoms with Gasteiger partial charge in [-0.15, -0.1) is 0 Å². The van der Waals surface area contributed by atoms with Crippen molar-refractivity contribution in [2.45, 2.75) is 6.61 Å². The van der Waals surface area contributed by atoms with Crippen LogP contribution < -0.4 is 9.64 Å². The Morgan fingerprint density at radius 3 is 2.45 bits per heavy atom. The molecule has 3 aromatic carbocycles. The molecule has 1 fully saturated rings. The third kappa shape index (κ3) is 5.26. The number of hydrogen-bond donors (Lipinski definition) is 0. The van der Waals surface area contributed by atoms with E-state index in [-0.39, 0.29) is 11.1 Å². The normalized spacial score (nSPS) is 15.1. The molecule has 156 valence electrons. The van der Waals surface area contributed by atoms with Crippen molar-refractivity contribution in [2.24, 2.45) is 0 Å². The number of carbonyl (C=O) groups is 2. The first-order chi connectivity index (χ1) is 14.9. The Hall–Kier alpha value is -2.00. The number of thioether (sulfide) groups is 1. The van der Waals surface area contributed by atoms with E-state index in [2.05, 4.69) is 22.6 Å². The number of anilines is 1. The number of rotatable bonds is 5. The number of amides is 2. The minimum atomic E-state index is -0.365. The molecule has 0 aliphatic carbocycles. The molecule has 0 saturated carbocycles. The molecule has 0 radical (unpaired) electrons. The largest absolute Gasteiger partial charge is 0.488 e. The molecular formula is C23H14Cl2INO3S. The summed E-state index contributed by atoms with van der Waals surface area (Å²) >= 11 is 15.0. The molecule has 0 N–H and O–H groups in total. The monoisotopic (exact) mass is 581 g/mol. The minimum Gasteiger partial charge on any atom is -0.488 e. The molecule has 2 amide bonds. The fourth-order valence-corrected chi connectivity index (χ4v) is 4.77. The summed E-state index contributed by atoms with van der Waals surface area (Å²) in [5.41, 5.74) is 2.28. The molecule has 3 aromatic rings. The standard InChI is InChI=1S/C23H14Cl2INO3S/c24-16-7-4-14(5-8-16)13-30-20-9-6-15(10-19(20)26)11-21-22(28)27(23(29)31-21)18-3-1-2-17(25)12-18/h1-12H,13H2/b21-11+. The van der Waals surface area contributed by atoms with Crippen LogP contribution in [0.5, 0.6) is 5.75 Å². The highest BCUT2D eigenvalue weighted by molar-refractivity contribution is 14.1. The minimum absolute atomic E-state index is 0.351. The fraction of sp³-hybridized carbons (Fsp3) is 0.0435. The molecule has 0 aromatic heterocycles. The van der Waals surface area contributed by atoms with Gasteiger partial charge in [0.25, 0.3) is 11.1 Å². The zero-order valence-corrected chi connectivity index (χ0v) is 20.3. The number of halogens is 3. The number of ether oxygens (including phenoxy) is 1. The van der Waals surface area contributed by atoms with E-state index in [1.807, 2.05) is 42.5 Å². The first-order valence-electron chi connectivity index (χ1n) is 9.11. The van der Waals surface area contributed by atoms with E-state index in [9.17, 15) is 9.59 Å². The van der Waals surface area contributed by atoms with Gasteiger partial charge in [-0.3, -0.25) is 9.59 Å². The molecule has 0 atom stereocenters. The summed E-state index contributed by atoms with van der Waals surface area (Å²) in [5, 5.41) is 0.794. The van der Waals surface area contributed by atoms with Crippen molar-refractivity contribution in [3.8, 4) is 5.75 Å². The van der Waals surface area contributed by atoms with Crippen molar-refractivity contribution in [3.05, 3.63) is 96.4 Å². The molecule has 0 spiro atoms. The molecular weight excluding hydrogens is 568 g/mol. The Morgan fingerprint density at radius 2 is 1.74 bits per heavy atom. The maximum atomic E-state index is 12.8. The molecule has 1 aliphatic heterocycles. The third-order valence-corrected chi connectivity index (χ3v) is 6.62. The first-order valence-corrected chi connectivity index (χ1v) is 11.8. The highest BCUT2D eigenvalue weighted by atomic mass is 127. The average molecular weight is 582 g/mol. The second-order valence-electron chi connectivity index (χ2n) is 6.60. The van der Waals surface area contributed by atoms with Crippen molar-refractivity contribution in [1.29, 1.82) is 0 Å². The van der Waals surface area contributed by atoms with Gasteiger partial charge in [0.15, 0.2) is 0 Å². The highest BCUT2D eigenvalue weighted by Crippen LogP contribution is 2.37. The van der Waals surface area contributed by atoms with Crippen molar-refractivity contribution >= 4 is 80.5 Å². The second kappa shape index (κ2) is 9.65. The van der Waals surface area contributed by atoms with E-state index in [4.69, 9.17) is 27.9 Å². The van der Waals surface area contributed by atoms with Gasteiger partial charge in [0.1, 0.15) is 12.4 Å². The first kappa shape index (κ1) is 22.2. The van der Waals surface area contributed by atoms with Crippen molar-refractivity contribution in [1.82, 2.24) is 0 Å². The third-order valence-electron chi connectivity index (χ3n) is 4.42. The maximum absolute atomic E-state index is 12.8. The Kier molecular flexibility index (Phi) is 6.91. The van der Waals surface area contributed by atoms with Crippen LogP contribution in [-0.4, -0.2) is 11.1 Å². The highest BCUT2D eigenvalue weighted by Gasteiger charge is 2.36.